The van der Waals surface area contributed by atoms with Crippen LogP contribution in [-0.2, 0) is 9.59 Å². The maximum Gasteiger partial charge on any atom is 0.316 e. The van der Waals surface area contributed by atoms with Gasteiger partial charge in [-0.3, -0.25) is 9.59 Å². The largest absolute Gasteiger partial charge is 0.481 e. The predicted molar refractivity (Wildman–Crippen MR) is 91.6 cm³/mol. The number of carboxylic acids is 1. The van der Waals surface area contributed by atoms with E-state index < -0.39 is 22.2 Å². The summed E-state index contributed by atoms with van der Waals surface area (Å²) in [5.74, 6) is -1.23. The van der Waals surface area contributed by atoms with Crippen LogP contribution in [0.4, 0.5) is 0 Å². The van der Waals surface area contributed by atoms with Crippen LogP contribution in [0.5, 0.6) is 5.75 Å². The van der Waals surface area contributed by atoms with Crippen LogP contribution < -0.4 is 4.74 Å². The van der Waals surface area contributed by atoms with Crippen molar-refractivity contribution in [2.75, 3.05) is 0 Å². The van der Waals surface area contributed by atoms with E-state index in [0.29, 0.717) is 5.75 Å². The first-order chi connectivity index (χ1) is 10.8. The molecule has 23 heavy (non-hydrogen) atoms. The molecule has 2 aromatic carbocycles. The minimum Gasteiger partial charge on any atom is -0.481 e. The van der Waals surface area contributed by atoms with E-state index in [4.69, 9.17) is 9.84 Å². The molecular weight excluding hydrogens is 360 g/mol. The Morgan fingerprint density at radius 3 is 2.22 bits per heavy atom. The molecule has 0 aromatic heterocycles. The highest BCUT2D eigenvalue weighted by Crippen LogP contribution is 2.32. The molecule has 4 nitrogen and oxygen atoms in total. The van der Waals surface area contributed by atoms with Crippen LogP contribution in [0.3, 0.4) is 0 Å². The molecule has 0 spiro atoms. The topological polar surface area (TPSA) is 63.6 Å². The minimum absolute atomic E-state index is 0.509. The fraction of sp³-hybridized carbons (Fsp3) is 0.222. The number of alkyl halides is 1. The fourth-order valence-corrected chi connectivity index (χ4v) is 2.75. The SMILES string of the molecule is CC(C)(C(=O)O)C(=O)C(Br)Oc1ccccc1-c1ccccc1. The quantitative estimate of drug-likeness (QED) is 0.607. The number of hydrogen-bond donors (Lipinski definition) is 1. The molecule has 0 heterocycles. The number of hydrogen-bond acceptors (Lipinski definition) is 3. The molecule has 0 saturated carbocycles. The van der Waals surface area contributed by atoms with E-state index in [1.54, 1.807) is 12.1 Å². The van der Waals surface area contributed by atoms with Gasteiger partial charge >= 0.3 is 5.97 Å². The van der Waals surface area contributed by atoms with Crippen LogP contribution in [0.25, 0.3) is 11.1 Å². The molecule has 0 aliphatic carbocycles. The van der Waals surface area contributed by atoms with Crippen molar-refractivity contribution < 1.29 is 19.4 Å². The van der Waals surface area contributed by atoms with Gasteiger partial charge in [-0.05, 0) is 41.4 Å². The van der Waals surface area contributed by atoms with Gasteiger partial charge in [0.25, 0.3) is 0 Å². The Bertz CT molecular complexity index is 710. The molecule has 2 rings (SSSR count). The van der Waals surface area contributed by atoms with Gasteiger partial charge in [-0.15, -0.1) is 0 Å². The molecule has 1 N–H and O–H groups in total. The molecule has 0 aliphatic heterocycles. The number of halogens is 1. The third-order valence-corrected chi connectivity index (χ3v) is 4.16. The average molecular weight is 377 g/mol. The number of carbonyl (C=O) groups is 2. The Morgan fingerprint density at radius 2 is 1.61 bits per heavy atom. The molecular formula is C18H17BrO4. The van der Waals surface area contributed by atoms with E-state index in [2.05, 4.69) is 15.9 Å². The van der Waals surface area contributed by atoms with Gasteiger partial charge in [0, 0.05) is 5.56 Å². The summed E-state index contributed by atoms with van der Waals surface area (Å²) in [6.07, 6.45) is 0. The number of ether oxygens (including phenoxy) is 1. The van der Waals surface area contributed by atoms with Crippen molar-refractivity contribution in [1.82, 2.24) is 0 Å². The van der Waals surface area contributed by atoms with E-state index in [1.807, 2.05) is 42.5 Å². The highest BCUT2D eigenvalue weighted by atomic mass is 79.9. The standard InChI is InChI=1S/C18H17BrO4/c1-18(2,17(21)22)15(20)16(19)23-14-11-7-6-10-13(14)12-8-4-3-5-9-12/h3-11,16H,1-2H3,(H,21,22). The van der Waals surface area contributed by atoms with Gasteiger partial charge in [-0.2, -0.15) is 0 Å². The third-order valence-electron chi connectivity index (χ3n) is 3.56. The zero-order valence-corrected chi connectivity index (χ0v) is 14.4. The second-order valence-electron chi connectivity index (χ2n) is 5.59. The minimum atomic E-state index is -1.53. The summed E-state index contributed by atoms with van der Waals surface area (Å²) >= 11 is 3.16. The van der Waals surface area contributed by atoms with Gasteiger partial charge in [0.1, 0.15) is 11.2 Å². The highest BCUT2D eigenvalue weighted by Gasteiger charge is 2.40. The molecule has 120 valence electrons. The first-order valence-electron chi connectivity index (χ1n) is 7.07. The Labute approximate surface area is 143 Å². The number of para-hydroxylation sites is 1. The van der Waals surface area contributed by atoms with Crippen LogP contribution in [0.2, 0.25) is 0 Å². The summed E-state index contributed by atoms with van der Waals surface area (Å²) in [7, 11) is 0. The van der Waals surface area contributed by atoms with E-state index >= 15 is 0 Å². The summed E-state index contributed by atoms with van der Waals surface area (Å²) in [5.41, 5.74) is 0.252. The van der Waals surface area contributed by atoms with Crippen LogP contribution in [-0.4, -0.2) is 21.9 Å². The van der Waals surface area contributed by atoms with Crippen molar-refractivity contribution in [3.63, 3.8) is 0 Å². The first-order valence-corrected chi connectivity index (χ1v) is 7.98. The summed E-state index contributed by atoms with van der Waals surface area (Å²) in [6.45, 7) is 2.72. The molecule has 2 aromatic rings. The first kappa shape index (κ1) is 17.2. The maximum atomic E-state index is 12.3. The van der Waals surface area contributed by atoms with E-state index in [-0.39, 0.29) is 0 Å². The molecule has 0 aliphatic rings. The Hall–Kier alpha value is -2.14. The van der Waals surface area contributed by atoms with Crippen molar-refractivity contribution in [1.29, 1.82) is 0 Å². The second kappa shape index (κ2) is 6.96. The molecule has 0 radical (unpaired) electrons. The molecule has 0 saturated heterocycles. The van der Waals surface area contributed by atoms with E-state index in [9.17, 15) is 9.59 Å². The molecule has 0 amide bonds. The molecule has 1 atom stereocenters. The number of aliphatic carboxylic acids is 1. The lowest BCUT2D eigenvalue weighted by atomic mass is 9.88. The zero-order valence-electron chi connectivity index (χ0n) is 12.8. The maximum absolute atomic E-state index is 12.3. The number of rotatable bonds is 6. The van der Waals surface area contributed by atoms with E-state index in [0.717, 1.165) is 11.1 Å². The van der Waals surface area contributed by atoms with Gasteiger partial charge in [-0.1, -0.05) is 48.5 Å². The van der Waals surface area contributed by atoms with Gasteiger partial charge in [0.2, 0.25) is 10.8 Å². The monoisotopic (exact) mass is 376 g/mol. The fourth-order valence-electron chi connectivity index (χ4n) is 1.98. The van der Waals surface area contributed by atoms with Crippen LogP contribution in [0.15, 0.2) is 54.6 Å². The summed E-state index contributed by atoms with van der Waals surface area (Å²) in [6, 6.07) is 16.9. The van der Waals surface area contributed by atoms with Gasteiger partial charge in [0.05, 0.1) is 0 Å². The summed E-state index contributed by atoms with van der Waals surface area (Å²) < 4.78 is 5.70. The van der Waals surface area contributed by atoms with Crippen molar-refractivity contribution in [2.24, 2.45) is 5.41 Å². The zero-order chi connectivity index (χ0) is 17.0. The number of Topliss-reactive ketones (excluding diaryl/α,β-unsaturated/α-hetero) is 1. The van der Waals surface area contributed by atoms with Crippen LogP contribution in [0, 0.1) is 5.41 Å². The normalized spacial score (nSPS) is 12.5. The lowest BCUT2D eigenvalue weighted by Gasteiger charge is -2.22. The highest BCUT2D eigenvalue weighted by molar-refractivity contribution is 9.09. The number of carbonyl (C=O) groups excluding carboxylic acids is 1. The molecule has 1 unspecified atom stereocenters. The number of ketones is 1. The number of carboxylic acid groups (broad SMARTS) is 1. The Morgan fingerprint density at radius 1 is 1.04 bits per heavy atom. The summed E-state index contributed by atoms with van der Waals surface area (Å²) in [4.78, 5) is 23.5. The van der Waals surface area contributed by atoms with Crippen LogP contribution >= 0.6 is 15.9 Å². The Kier molecular flexibility index (Phi) is 5.21. The molecule has 0 fully saturated rings. The van der Waals surface area contributed by atoms with Crippen molar-refractivity contribution >= 4 is 27.7 Å². The van der Waals surface area contributed by atoms with E-state index in [1.165, 1.54) is 13.8 Å². The van der Waals surface area contributed by atoms with Crippen molar-refractivity contribution in [3.8, 4) is 16.9 Å². The molecule has 0 bridgehead atoms. The predicted octanol–water partition coefficient (Wildman–Crippen LogP) is 4.13. The van der Waals surface area contributed by atoms with Gasteiger partial charge in [-0.25, -0.2) is 0 Å². The lowest BCUT2D eigenvalue weighted by Crippen LogP contribution is -2.40. The smallest absolute Gasteiger partial charge is 0.316 e. The molecule has 5 heteroatoms. The van der Waals surface area contributed by atoms with Crippen molar-refractivity contribution in [2.45, 2.75) is 18.9 Å². The third kappa shape index (κ3) is 3.79. The second-order valence-corrected chi connectivity index (χ2v) is 6.42. The van der Waals surface area contributed by atoms with Crippen molar-refractivity contribution in [3.05, 3.63) is 54.6 Å². The van der Waals surface area contributed by atoms with Crippen LogP contribution in [0.1, 0.15) is 13.8 Å². The number of benzene rings is 2. The lowest BCUT2D eigenvalue weighted by molar-refractivity contribution is -0.153. The Balaban J connectivity index is 2.28. The van der Waals surface area contributed by atoms with Gasteiger partial charge in [0.15, 0.2) is 0 Å². The summed E-state index contributed by atoms with van der Waals surface area (Å²) in [5, 5.41) is 8.12. The van der Waals surface area contributed by atoms with Gasteiger partial charge < -0.3 is 9.84 Å². The average Bonchev–Trinajstić information content (AvgIpc) is 2.55.